The van der Waals surface area contributed by atoms with Crippen molar-refractivity contribution >= 4 is 12.0 Å². The quantitative estimate of drug-likeness (QED) is 0.330. The second kappa shape index (κ2) is 17.3. The molecule has 1 aromatic rings. The summed E-state index contributed by atoms with van der Waals surface area (Å²) in [4.78, 5) is 25.5. The minimum atomic E-state index is -0.967. The maximum Gasteiger partial charge on any atom is 0.333 e. The number of rotatable bonds is 18. The fourth-order valence-electron chi connectivity index (χ4n) is 3.22. The highest BCUT2D eigenvalue weighted by atomic mass is 16.5. The van der Waals surface area contributed by atoms with Gasteiger partial charge in [0.1, 0.15) is 12.4 Å². The van der Waals surface area contributed by atoms with Gasteiger partial charge in [0.15, 0.2) is 6.10 Å². The summed E-state index contributed by atoms with van der Waals surface area (Å²) in [5.41, 5.74) is 0.865. The number of carboxylic acids is 1. The minimum Gasteiger partial charge on any atom is -0.492 e. The third-order valence-corrected chi connectivity index (χ3v) is 5.02. The third-order valence-electron chi connectivity index (χ3n) is 5.02. The SMILES string of the molecule is CCCCCCCN(CCOc1ccc(CC(OCC)C(=O)O)cc1)C(=O)NCCOC. The van der Waals surface area contributed by atoms with Gasteiger partial charge in [-0.1, -0.05) is 44.7 Å². The van der Waals surface area contributed by atoms with Crippen LogP contribution in [0.4, 0.5) is 4.79 Å². The Morgan fingerprint density at radius 1 is 1.03 bits per heavy atom. The van der Waals surface area contributed by atoms with Gasteiger partial charge < -0.3 is 29.5 Å². The molecule has 0 spiro atoms. The van der Waals surface area contributed by atoms with Crippen molar-refractivity contribution in [1.82, 2.24) is 10.2 Å². The molecule has 0 fully saturated rings. The van der Waals surface area contributed by atoms with E-state index in [0.717, 1.165) is 18.4 Å². The molecular weight excluding hydrogens is 412 g/mol. The van der Waals surface area contributed by atoms with Crippen LogP contribution in [0.2, 0.25) is 0 Å². The van der Waals surface area contributed by atoms with Gasteiger partial charge in [-0.2, -0.15) is 0 Å². The van der Waals surface area contributed by atoms with Crippen molar-refractivity contribution in [2.24, 2.45) is 0 Å². The molecule has 32 heavy (non-hydrogen) atoms. The molecule has 1 rings (SSSR count). The second-order valence-corrected chi connectivity index (χ2v) is 7.60. The van der Waals surface area contributed by atoms with Gasteiger partial charge in [-0.25, -0.2) is 9.59 Å². The maximum atomic E-state index is 12.5. The number of hydrogen-bond acceptors (Lipinski definition) is 5. The molecule has 0 heterocycles. The molecule has 2 amide bonds. The summed E-state index contributed by atoms with van der Waals surface area (Å²) >= 11 is 0. The molecule has 1 atom stereocenters. The van der Waals surface area contributed by atoms with Crippen LogP contribution < -0.4 is 10.1 Å². The van der Waals surface area contributed by atoms with Crippen LogP contribution in [0.1, 0.15) is 51.5 Å². The summed E-state index contributed by atoms with van der Waals surface area (Å²) in [6, 6.07) is 7.20. The fraction of sp³-hybridized carbons (Fsp3) is 0.667. The Labute approximate surface area is 192 Å². The lowest BCUT2D eigenvalue weighted by molar-refractivity contribution is -0.149. The van der Waals surface area contributed by atoms with Gasteiger partial charge in [-0.05, 0) is 31.0 Å². The highest BCUT2D eigenvalue weighted by molar-refractivity contribution is 5.74. The minimum absolute atomic E-state index is 0.105. The molecular formula is C24H40N2O6. The van der Waals surface area contributed by atoms with Crippen molar-refractivity contribution in [3.8, 4) is 5.75 Å². The summed E-state index contributed by atoms with van der Waals surface area (Å²) in [5.74, 6) is -0.287. The van der Waals surface area contributed by atoms with Crippen LogP contribution in [0.25, 0.3) is 0 Å². The zero-order valence-electron chi connectivity index (χ0n) is 19.8. The van der Waals surface area contributed by atoms with E-state index in [0.29, 0.717) is 51.6 Å². The van der Waals surface area contributed by atoms with Crippen molar-refractivity contribution in [2.45, 2.75) is 58.5 Å². The van der Waals surface area contributed by atoms with E-state index < -0.39 is 12.1 Å². The number of benzene rings is 1. The molecule has 0 bridgehead atoms. The molecule has 0 aliphatic carbocycles. The Balaban J connectivity index is 2.52. The van der Waals surface area contributed by atoms with Crippen LogP contribution in [0.5, 0.6) is 5.75 Å². The number of urea groups is 1. The van der Waals surface area contributed by atoms with Crippen molar-refractivity contribution in [3.63, 3.8) is 0 Å². The fourth-order valence-corrected chi connectivity index (χ4v) is 3.22. The number of unbranched alkanes of at least 4 members (excludes halogenated alkanes) is 4. The Morgan fingerprint density at radius 3 is 2.38 bits per heavy atom. The molecule has 0 aliphatic rings. The number of amides is 2. The third kappa shape index (κ3) is 11.9. The van der Waals surface area contributed by atoms with Gasteiger partial charge >= 0.3 is 12.0 Å². The summed E-state index contributed by atoms with van der Waals surface area (Å²) in [6.45, 7) is 6.82. The van der Waals surface area contributed by atoms with Crippen LogP contribution in [-0.2, 0) is 20.7 Å². The predicted molar refractivity (Wildman–Crippen MR) is 124 cm³/mol. The lowest BCUT2D eigenvalue weighted by atomic mass is 10.1. The van der Waals surface area contributed by atoms with E-state index in [9.17, 15) is 14.7 Å². The number of hydrogen-bond donors (Lipinski definition) is 2. The number of carbonyl (C=O) groups excluding carboxylic acids is 1. The standard InChI is InChI=1S/C24H40N2O6/c1-4-6-7-8-9-15-26(24(29)25-14-17-30-3)16-18-32-21-12-10-20(11-13-21)19-22(23(27)28)31-5-2/h10-13,22H,4-9,14-19H2,1-3H3,(H,25,29)(H,27,28). The topological polar surface area (TPSA) is 97.3 Å². The van der Waals surface area contributed by atoms with Gasteiger partial charge in [-0.3, -0.25) is 0 Å². The maximum absolute atomic E-state index is 12.5. The first-order valence-corrected chi connectivity index (χ1v) is 11.6. The van der Waals surface area contributed by atoms with Gasteiger partial charge in [0.25, 0.3) is 0 Å². The molecule has 0 saturated heterocycles. The Morgan fingerprint density at radius 2 is 1.75 bits per heavy atom. The van der Waals surface area contributed by atoms with Gasteiger partial charge in [0.05, 0.1) is 13.2 Å². The number of ether oxygens (including phenoxy) is 3. The average Bonchev–Trinajstić information content (AvgIpc) is 2.78. The summed E-state index contributed by atoms with van der Waals surface area (Å²) < 4.78 is 16.1. The van der Waals surface area contributed by atoms with Crippen LogP contribution in [0, 0.1) is 0 Å². The van der Waals surface area contributed by atoms with E-state index in [1.165, 1.54) is 19.3 Å². The lowest BCUT2D eigenvalue weighted by Crippen LogP contribution is -2.43. The van der Waals surface area contributed by atoms with Gasteiger partial charge in [-0.15, -0.1) is 0 Å². The highest BCUT2D eigenvalue weighted by Crippen LogP contribution is 2.15. The van der Waals surface area contributed by atoms with E-state index >= 15 is 0 Å². The molecule has 182 valence electrons. The molecule has 8 heteroatoms. The molecule has 8 nitrogen and oxygen atoms in total. The van der Waals surface area contributed by atoms with E-state index in [-0.39, 0.29) is 6.03 Å². The first-order chi connectivity index (χ1) is 15.5. The zero-order valence-corrected chi connectivity index (χ0v) is 19.8. The number of nitrogens with zero attached hydrogens (tertiary/aromatic N) is 1. The van der Waals surface area contributed by atoms with Crippen molar-refractivity contribution < 1.29 is 28.9 Å². The first kappa shape index (κ1) is 27.7. The Hall–Kier alpha value is -2.32. The van der Waals surface area contributed by atoms with Crippen molar-refractivity contribution in [2.75, 3.05) is 46.6 Å². The van der Waals surface area contributed by atoms with E-state index in [1.54, 1.807) is 18.9 Å². The zero-order chi connectivity index (χ0) is 23.6. The normalized spacial score (nSPS) is 11.7. The lowest BCUT2D eigenvalue weighted by Gasteiger charge is -2.23. The van der Waals surface area contributed by atoms with Crippen molar-refractivity contribution in [3.05, 3.63) is 29.8 Å². The summed E-state index contributed by atoms with van der Waals surface area (Å²) in [7, 11) is 1.61. The van der Waals surface area contributed by atoms with Crippen LogP contribution in [-0.4, -0.2) is 74.7 Å². The number of carboxylic acid groups (broad SMARTS) is 1. The van der Waals surface area contributed by atoms with E-state index in [1.807, 2.05) is 24.3 Å². The Kier molecular flexibility index (Phi) is 14.9. The monoisotopic (exact) mass is 452 g/mol. The highest BCUT2D eigenvalue weighted by Gasteiger charge is 2.18. The average molecular weight is 453 g/mol. The van der Waals surface area contributed by atoms with E-state index in [2.05, 4.69) is 12.2 Å². The van der Waals surface area contributed by atoms with Crippen LogP contribution in [0.15, 0.2) is 24.3 Å². The molecule has 0 aliphatic heterocycles. The number of nitrogens with one attached hydrogen (secondary N) is 1. The van der Waals surface area contributed by atoms with Crippen LogP contribution >= 0.6 is 0 Å². The molecule has 1 unspecified atom stereocenters. The predicted octanol–water partition coefficient (Wildman–Crippen LogP) is 3.73. The van der Waals surface area contributed by atoms with E-state index in [4.69, 9.17) is 14.2 Å². The largest absolute Gasteiger partial charge is 0.492 e. The molecule has 0 aromatic heterocycles. The number of carbonyl (C=O) groups is 2. The first-order valence-electron chi connectivity index (χ1n) is 11.6. The second-order valence-electron chi connectivity index (χ2n) is 7.60. The number of methoxy groups -OCH3 is 1. The number of aliphatic carboxylic acids is 1. The van der Waals surface area contributed by atoms with Crippen LogP contribution in [0.3, 0.4) is 0 Å². The van der Waals surface area contributed by atoms with Crippen molar-refractivity contribution in [1.29, 1.82) is 0 Å². The molecule has 0 radical (unpaired) electrons. The smallest absolute Gasteiger partial charge is 0.333 e. The molecule has 0 saturated carbocycles. The molecule has 1 aromatic carbocycles. The summed E-state index contributed by atoms with van der Waals surface area (Å²) in [5, 5.41) is 12.1. The van der Waals surface area contributed by atoms with Gasteiger partial charge in [0, 0.05) is 33.2 Å². The molecule has 2 N–H and O–H groups in total. The summed E-state index contributed by atoms with van der Waals surface area (Å²) in [6.07, 6.45) is 5.12. The Bertz CT molecular complexity index is 638. The van der Waals surface area contributed by atoms with Gasteiger partial charge in [0.2, 0.25) is 0 Å².